The van der Waals surface area contributed by atoms with E-state index in [-0.39, 0.29) is 6.04 Å². The monoisotopic (exact) mass is 473 g/mol. The Morgan fingerprint density at radius 2 is 1.77 bits per heavy atom. The number of aromatic nitrogens is 1. The Bertz CT molecular complexity index is 1130. The molecule has 4 rings (SSSR count). The quantitative estimate of drug-likeness (QED) is 0.513. The van der Waals surface area contributed by atoms with E-state index in [2.05, 4.69) is 37.6 Å². The number of hydrogen-bond acceptors (Lipinski definition) is 6. The fourth-order valence-electron chi connectivity index (χ4n) is 4.33. The van der Waals surface area contributed by atoms with Crippen LogP contribution in [0.25, 0.3) is 0 Å². The molecule has 0 saturated carbocycles. The van der Waals surface area contributed by atoms with Gasteiger partial charge in [-0.1, -0.05) is 30.3 Å². The second kappa shape index (κ2) is 11.5. The number of pyridine rings is 1. The Kier molecular flexibility index (Phi) is 7.95. The predicted molar refractivity (Wildman–Crippen MR) is 137 cm³/mol. The topological polar surface area (TPSA) is 86.8 Å². The van der Waals surface area contributed by atoms with Crippen molar-refractivity contribution >= 4 is 23.2 Å². The van der Waals surface area contributed by atoms with E-state index in [9.17, 15) is 9.59 Å². The first-order valence-corrected chi connectivity index (χ1v) is 11.7. The van der Waals surface area contributed by atoms with Crippen LogP contribution in [0.4, 0.5) is 11.4 Å². The molecule has 0 aliphatic carbocycles. The summed E-state index contributed by atoms with van der Waals surface area (Å²) in [7, 11) is 1.52. The Balaban J connectivity index is 1.40. The van der Waals surface area contributed by atoms with Crippen LogP contribution in [-0.2, 0) is 9.59 Å². The largest absolute Gasteiger partial charge is 0.495 e. The molecule has 0 spiro atoms. The normalized spacial score (nSPS) is 14.7. The minimum atomic E-state index is -0.729. The van der Waals surface area contributed by atoms with Crippen LogP contribution in [0, 0.1) is 6.92 Å². The van der Waals surface area contributed by atoms with E-state index < -0.39 is 11.8 Å². The molecule has 0 radical (unpaired) electrons. The molecule has 1 saturated heterocycles. The van der Waals surface area contributed by atoms with Crippen molar-refractivity contribution in [2.24, 2.45) is 0 Å². The number of piperazine rings is 1. The number of benzene rings is 2. The fourth-order valence-corrected chi connectivity index (χ4v) is 4.33. The highest BCUT2D eigenvalue weighted by Gasteiger charge is 2.27. The molecule has 2 heterocycles. The zero-order valence-electron chi connectivity index (χ0n) is 20.1. The molecule has 1 aliphatic rings. The summed E-state index contributed by atoms with van der Waals surface area (Å²) in [5.74, 6) is -0.917. The number of hydrogen-bond donors (Lipinski definition) is 2. The molecule has 1 aromatic heterocycles. The van der Waals surface area contributed by atoms with E-state index >= 15 is 0 Å². The minimum Gasteiger partial charge on any atom is -0.495 e. The van der Waals surface area contributed by atoms with Gasteiger partial charge in [0, 0.05) is 50.8 Å². The van der Waals surface area contributed by atoms with E-state index in [4.69, 9.17) is 4.74 Å². The lowest BCUT2D eigenvalue weighted by molar-refractivity contribution is -0.136. The number of nitrogens with zero attached hydrogens (tertiary/aromatic N) is 3. The summed E-state index contributed by atoms with van der Waals surface area (Å²) in [4.78, 5) is 34.2. The summed E-state index contributed by atoms with van der Waals surface area (Å²) in [5.41, 5.74) is 3.63. The Morgan fingerprint density at radius 3 is 2.46 bits per heavy atom. The number of rotatable bonds is 7. The average molecular weight is 474 g/mol. The summed E-state index contributed by atoms with van der Waals surface area (Å²) >= 11 is 0. The summed E-state index contributed by atoms with van der Waals surface area (Å²) in [6, 6.07) is 19.6. The Hall–Kier alpha value is -3.91. The van der Waals surface area contributed by atoms with Crippen LogP contribution in [0.3, 0.4) is 0 Å². The van der Waals surface area contributed by atoms with Crippen LogP contribution in [0.1, 0.15) is 17.2 Å². The van der Waals surface area contributed by atoms with Crippen LogP contribution in [0.15, 0.2) is 73.1 Å². The third-order valence-electron chi connectivity index (χ3n) is 6.21. The van der Waals surface area contributed by atoms with Crippen LogP contribution in [0.5, 0.6) is 5.75 Å². The van der Waals surface area contributed by atoms with Crippen molar-refractivity contribution in [3.8, 4) is 5.75 Å². The third-order valence-corrected chi connectivity index (χ3v) is 6.21. The van der Waals surface area contributed by atoms with Gasteiger partial charge in [0.1, 0.15) is 5.75 Å². The molecule has 2 N–H and O–H groups in total. The van der Waals surface area contributed by atoms with Crippen molar-refractivity contribution in [1.82, 2.24) is 15.2 Å². The molecule has 3 aromatic rings. The van der Waals surface area contributed by atoms with Gasteiger partial charge in [0.15, 0.2) is 0 Å². The van der Waals surface area contributed by atoms with Crippen molar-refractivity contribution in [1.29, 1.82) is 0 Å². The third kappa shape index (κ3) is 6.16. The molecule has 35 heavy (non-hydrogen) atoms. The summed E-state index contributed by atoms with van der Waals surface area (Å²) in [6.07, 6.45) is 3.55. The first kappa shape index (κ1) is 24.2. The number of aryl methyl sites for hydroxylation is 1. The van der Waals surface area contributed by atoms with E-state index in [0.717, 1.165) is 37.3 Å². The number of ether oxygens (including phenoxy) is 1. The van der Waals surface area contributed by atoms with Crippen molar-refractivity contribution < 1.29 is 14.3 Å². The second-order valence-corrected chi connectivity index (χ2v) is 8.53. The maximum atomic E-state index is 12.7. The lowest BCUT2D eigenvalue weighted by Crippen LogP contribution is -2.50. The number of amides is 2. The summed E-state index contributed by atoms with van der Waals surface area (Å²) in [6.45, 7) is 5.62. The van der Waals surface area contributed by atoms with E-state index in [0.29, 0.717) is 18.0 Å². The summed E-state index contributed by atoms with van der Waals surface area (Å²) < 4.78 is 5.29. The van der Waals surface area contributed by atoms with E-state index in [1.165, 1.54) is 12.8 Å². The van der Waals surface area contributed by atoms with Crippen molar-refractivity contribution in [2.75, 3.05) is 50.1 Å². The number of anilines is 2. The highest BCUT2D eigenvalue weighted by molar-refractivity contribution is 6.39. The highest BCUT2D eigenvalue weighted by Crippen LogP contribution is 2.26. The molecule has 182 valence electrons. The molecule has 1 atom stereocenters. The van der Waals surface area contributed by atoms with Gasteiger partial charge < -0.3 is 20.3 Å². The summed E-state index contributed by atoms with van der Waals surface area (Å²) in [5, 5.41) is 5.48. The zero-order chi connectivity index (χ0) is 24.6. The second-order valence-electron chi connectivity index (χ2n) is 8.53. The molecule has 1 fully saturated rings. The van der Waals surface area contributed by atoms with Crippen LogP contribution in [0.2, 0.25) is 0 Å². The van der Waals surface area contributed by atoms with Crippen molar-refractivity contribution in [3.63, 3.8) is 0 Å². The Labute approximate surface area is 205 Å². The van der Waals surface area contributed by atoms with Gasteiger partial charge in [-0.3, -0.25) is 19.5 Å². The van der Waals surface area contributed by atoms with Gasteiger partial charge >= 0.3 is 11.8 Å². The zero-order valence-corrected chi connectivity index (χ0v) is 20.1. The van der Waals surface area contributed by atoms with Gasteiger partial charge in [0.05, 0.1) is 18.8 Å². The van der Waals surface area contributed by atoms with E-state index in [1.54, 1.807) is 18.3 Å². The molecule has 2 aromatic carbocycles. The van der Waals surface area contributed by atoms with Crippen LogP contribution >= 0.6 is 0 Å². The molecule has 2 amide bonds. The number of carbonyl (C=O) groups excluding carboxylic acids is 2. The first-order chi connectivity index (χ1) is 17.0. The van der Waals surface area contributed by atoms with Crippen molar-refractivity contribution in [2.45, 2.75) is 13.0 Å². The molecule has 8 heteroatoms. The molecule has 0 unspecified atom stereocenters. The highest BCUT2D eigenvalue weighted by atomic mass is 16.5. The van der Waals surface area contributed by atoms with Crippen LogP contribution < -0.4 is 20.3 Å². The van der Waals surface area contributed by atoms with Gasteiger partial charge in [-0.25, -0.2) is 0 Å². The van der Waals surface area contributed by atoms with E-state index in [1.807, 2.05) is 49.5 Å². The first-order valence-electron chi connectivity index (χ1n) is 11.7. The molecular weight excluding hydrogens is 442 g/mol. The van der Waals surface area contributed by atoms with Gasteiger partial charge in [0.2, 0.25) is 0 Å². The fraction of sp³-hybridized carbons (Fsp3) is 0.296. The molecular formula is C27H31N5O3. The maximum Gasteiger partial charge on any atom is 0.313 e. The maximum absolute atomic E-state index is 12.7. The van der Waals surface area contributed by atoms with Gasteiger partial charge in [-0.15, -0.1) is 0 Å². The van der Waals surface area contributed by atoms with Gasteiger partial charge in [0.25, 0.3) is 0 Å². The molecule has 1 aliphatic heterocycles. The average Bonchev–Trinajstić information content (AvgIpc) is 2.90. The van der Waals surface area contributed by atoms with Gasteiger partial charge in [-0.05, 0) is 48.4 Å². The number of carbonyl (C=O) groups is 2. The minimum absolute atomic E-state index is 0.0909. The lowest BCUT2D eigenvalue weighted by Gasteiger charge is -2.40. The van der Waals surface area contributed by atoms with Crippen LogP contribution in [-0.4, -0.2) is 61.5 Å². The Morgan fingerprint density at radius 1 is 1.00 bits per heavy atom. The smallest absolute Gasteiger partial charge is 0.313 e. The lowest BCUT2D eigenvalue weighted by atomic mass is 10.1. The predicted octanol–water partition coefficient (Wildman–Crippen LogP) is 3.02. The van der Waals surface area contributed by atoms with Crippen molar-refractivity contribution in [3.05, 3.63) is 84.2 Å². The number of nitrogens with one attached hydrogen (secondary N) is 2. The molecule has 8 nitrogen and oxygen atoms in total. The van der Waals surface area contributed by atoms with Gasteiger partial charge in [-0.2, -0.15) is 0 Å². The standard InChI is InChI=1S/C27H31N5O3/c1-20-10-11-25(35-2)23(17-20)30-27(34)26(33)29-19-24(21-7-6-12-28-18-21)32-15-13-31(14-16-32)22-8-4-3-5-9-22/h3-12,17-18,24H,13-16,19H2,1-2H3,(H,29,33)(H,30,34)/t24-/m1/s1. The number of methoxy groups -OCH3 is 1. The SMILES string of the molecule is COc1ccc(C)cc1NC(=O)C(=O)NC[C@H](c1cccnc1)N1CCN(c2ccccc2)CC1. The molecule has 0 bridgehead atoms. The number of para-hydroxylation sites is 1.